The molecule has 4 heterocycles. The van der Waals surface area contributed by atoms with Crippen LogP contribution in [0.15, 0.2) is 61.1 Å². The summed E-state index contributed by atoms with van der Waals surface area (Å²) >= 11 is 6.16. The van der Waals surface area contributed by atoms with Crippen molar-refractivity contribution < 1.29 is 4.79 Å². The quantitative estimate of drug-likeness (QED) is 0.442. The lowest BCUT2D eigenvalue weighted by molar-refractivity contribution is 0.0564. The van der Waals surface area contributed by atoms with Crippen molar-refractivity contribution in [2.24, 2.45) is 11.8 Å². The number of rotatable bonds is 3. The largest absolute Gasteiger partial charge is 0.355 e. The Hall–Kier alpha value is -3.45. The minimum atomic E-state index is 0.0810. The van der Waals surface area contributed by atoms with Gasteiger partial charge in [-0.15, -0.1) is 0 Å². The highest BCUT2D eigenvalue weighted by Crippen LogP contribution is 2.32. The maximum atomic E-state index is 13.7. The van der Waals surface area contributed by atoms with Crippen LogP contribution < -0.4 is 4.90 Å². The number of piperidine rings is 2. The summed E-state index contributed by atoms with van der Waals surface area (Å²) in [5, 5.41) is 5.01. The lowest BCUT2D eigenvalue weighted by atomic mass is 9.84. The first-order chi connectivity index (χ1) is 16.5. The molecule has 2 aromatic heterocycles. The van der Waals surface area contributed by atoms with Crippen molar-refractivity contribution in [2.75, 3.05) is 31.1 Å². The lowest BCUT2D eigenvalue weighted by Gasteiger charge is -2.46. The Balaban J connectivity index is 1.23. The van der Waals surface area contributed by atoms with Crippen molar-refractivity contribution in [3.63, 3.8) is 0 Å². The zero-order chi connectivity index (χ0) is 23.2. The molecule has 0 radical (unpaired) electrons. The molecule has 0 aliphatic carbocycles. The van der Waals surface area contributed by atoms with Crippen LogP contribution in [0.1, 0.15) is 22.3 Å². The molecule has 0 saturated carbocycles. The van der Waals surface area contributed by atoms with Gasteiger partial charge in [-0.05, 0) is 61.6 Å². The molecule has 2 unspecified atom stereocenters. The van der Waals surface area contributed by atoms with Gasteiger partial charge in [-0.3, -0.25) is 9.78 Å². The van der Waals surface area contributed by atoms with Crippen LogP contribution in [0.5, 0.6) is 0 Å². The van der Waals surface area contributed by atoms with Gasteiger partial charge in [0.25, 0.3) is 5.91 Å². The maximum Gasteiger partial charge on any atom is 0.256 e. The average Bonchev–Trinajstić information content (AvgIpc) is 3.37. The van der Waals surface area contributed by atoms with Gasteiger partial charge in [-0.25, -0.2) is 9.67 Å². The van der Waals surface area contributed by atoms with Crippen LogP contribution in [0.25, 0.3) is 16.7 Å². The van der Waals surface area contributed by atoms with E-state index in [1.54, 1.807) is 10.9 Å². The van der Waals surface area contributed by atoms with E-state index in [1.165, 1.54) is 0 Å². The van der Waals surface area contributed by atoms with Crippen molar-refractivity contribution in [3.8, 4) is 5.69 Å². The summed E-state index contributed by atoms with van der Waals surface area (Å²) in [6, 6.07) is 13.4. The van der Waals surface area contributed by atoms with E-state index in [-0.39, 0.29) is 5.91 Å². The molecule has 2 aliphatic heterocycles. The third-order valence-electron chi connectivity index (χ3n) is 6.82. The number of amides is 1. The molecule has 7 nitrogen and oxygen atoms in total. The van der Waals surface area contributed by atoms with Crippen LogP contribution >= 0.6 is 11.6 Å². The van der Waals surface area contributed by atoms with E-state index in [0.29, 0.717) is 22.4 Å². The molecule has 2 fully saturated rings. The van der Waals surface area contributed by atoms with Gasteiger partial charge in [-0.1, -0.05) is 23.2 Å². The number of nitrogens with zero attached hydrogens (tertiary/aromatic N) is 6. The second-order valence-electron chi connectivity index (χ2n) is 9.42. The monoisotopic (exact) mass is 472 g/mol. The molecule has 172 valence electrons. The van der Waals surface area contributed by atoms with Crippen molar-refractivity contribution in [1.29, 1.82) is 0 Å². The predicted molar refractivity (Wildman–Crippen MR) is 133 cm³/mol. The molecule has 34 heavy (non-hydrogen) atoms. The zero-order valence-electron chi connectivity index (χ0n) is 18.9. The molecule has 2 bridgehead atoms. The van der Waals surface area contributed by atoms with Gasteiger partial charge in [0.1, 0.15) is 5.82 Å². The number of hydrogen-bond acceptors (Lipinski definition) is 5. The van der Waals surface area contributed by atoms with Crippen LogP contribution in [0, 0.1) is 18.8 Å². The summed E-state index contributed by atoms with van der Waals surface area (Å²) in [6.07, 6.45) is 6.59. The van der Waals surface area contributed by atoms with Gasteiger partial charge in [0.05, 0.1) is 28.5 Å². The highest BCUT2D eigenvalue weighted by atomic mass is 35.5. The van der Waals surface area contributed by atoms with Crippen LogP contribution in [0.3, 0.4) is 0 Å². The molecule has 6 rings (SSSR count). The summed E-state index contributed by atoms with van der Waals surface area (Å²) < 4.78 is 1.77. The van der Waals surface area contributed by atoms with E-state index in [4.69, 9.17) is 16.6 Å². The fraction of sp³-hybridized carbons (Fsp3) is 0.308. The number of aryl methyl sites for hydroxylation is 1. The number of hydrogen-bond donors (Lipinski definition) is 0. The van der Waals surface area contributed by atoms with Gasteiger partial charge in [0, 0.05) is 43.6 Å². The molecule has 2 atom stereocenters. The molecule has 0 spiro atoms. The summed E-state index contributed by atoms with van der Waals surface area (Å²) in [5.41, 5.74) is 4.25. The number of benzene rings is 2. The Bertz CT molecular complexity index is 1360. The highest BCUT2D eigenvalue weighted by Gasteiger charge is 2.37. The topological polar surface area (TPSA) is 67.2 Å². The third-order valence-corrected chi connectivity index (χ3v) is 7.05. The van der Waals surface area contributed by atoms with E-state index in [2.05, 4.69) is 15.0 Å². The number of anilines is 1. The van der Waals surface area contributed by atoms with Crippen molar-refractivity contribution in [3.05, 3.63) is 77.2 Å². The number of aromatic nitrogens is 4. The van der Waals surface area contributed by atoms with E-state index in [1.807, 2.05) is 66.7 Å². The van der Waals surface area contributed by atoms with Crippen molar-refractivity contribution >= 4 is 34.4 Å². The first kappa shape index (κ1) is 21.1. The van der Waals surface area contributed by atoms with E-state index >= 15 is 0 Å². The Kier molecular flexibility index (Phi) is 5.21. The highest BCUT2D eigenvalue weighted by molar-refractivity contribution is 6.31. The molecule has 2 aliphatic rings. The SMILES string of the molecule is Cc1ccc(-n2cccn2)c(C(=O)N2CC3CC(C2)CN(c2cnc4ccc(Cl)cc4n2)C3)c1. The standard InChI is InChI=1S/C26H25ClN6O/c1-17-3-6-24(33-8-2-7-29-33)21(9-17)26(34)32-15-18-10-19(16-32)14-31(13-18)25-12-28-22-5-4-20(27)11-23(22)30-25/h2-9,11-12,18-19H,10,13-16H2,1H3. The van der Waals surface area contributed by atoms with E-state index < -0.39 is 0 Å². The van der Waals surface area contributed by atoms with Gasteiger partial charge in [0.15, 0.2) is 0 Å². The lowest BCUT2D eigenvalue weighted by Crippen LogP contribution is -2.54. The summed E-state index contributed by atoms with van der Waals surface area (Å²) in [4.78, 5) is 27.4. The van der Waals surface area contributed by atoms with Crippen LogP contribution in [-0.2, 0) is 0 Å². The van der Waals surface area contributed by atoms with Crippen molar-refractivity contribution in [2.45, 2.75) is 13.3 Å². The Morgan fingerprint density at radius 2 is 1.85 bits per heavy atom. The Morgan fingerprint density at radius 3 is 2.62 bits per heavy atom. The maximum absolute atomic E-state index is 13.7. The molecule has 2 saturated heterocycles. The fourth-order valence-corrected chi connectivity index (χ4v) is 5.53. The van der Waals surface area contributed by atoms with Gasteiger partial charge < -0.3 is 9.80 Å². The molecular formula is C26H25ClN6O. The van der Waals surface area contributed by atoms with Crippen molar-refractivity contribution in [1.82, 2.24) is 24.6 Å². The van der Waals surface area contributed by atoms with E-state index in [9.17, 15) is 4.79 Å². The molecule has 2 aromatic carbocycles. The number of carbonyl (C=O) groups is 1. The second kappa shape index (κ2) is 8.40. The molecule has 1 amide bonds. The average molecular weight is 473 g/mol. The first-order valence-electron chi connectivity index (χ1n) is 11.6. The first-order valence-corrected chi connectivity index (χ1v) is 12.0. The summed E-state index contributed by atoms with van der Waals surface area (Å²) in [5.74, 6) is 1.75. The third kappa shape index (κ3) is 3.90. The number of halogens is 1. The molecule has 4 aromatic rings. The van der Waals surface area contributed by atoms with E-state index in [0.717, 1.165) is 60.7 Å². The fourth-order valence-electron chi connectivity index (χ4n) is 5.36. The van der Waals surface area contributed by atoms with Gasteiger partial charge in [-0.2, -0.15) is 5.10 Å². The number of fused-ring (bicyclic) bond motifs is 3. The number of likely N-dealkylation sites (tertiary alicyclic amines) is 1. The Morgan fingerprint density at radius 1 is 1.03 bits per heavy atom. The van der Waals surface area contributed by atoms with Gasteiger partial charge >= 0.3 is 0 Å². The zero-order valence-corrected chi connectivity index (χ0v) is 19.7. The summed E-state index contributed by atoms with van der Waals surface area (Å²) in [7, 11) is 0. The van der Waals surface area contributed by atoms with Crippen LogP contribution in [0.4, 0.5) is 5.82 Å². The van der Waals surface area contributed by atoms with Gasteiger partial charge in [0.2, 0.25) is 0 Å². The number of carbonyl (C=O) groups excluding carboxylic acids is 1. The smallest absolute Gasteiger partial charge is 0.256 e. The molecule has 8 heteroatoms. The molecular weight excluding hydrogens is 448 g/mol. The minimum Gasteiger partial charge on any atom is -0.355 e. The normalized spacial score (nSPS) is 20.1. The molecule has 0 N–H and O–H groups in total. The minimum absolute atomic E-state index is 0.0810. The predicted octanol–water partition coefficient (Wildman–Crippen LogP) is 4.38. The summed E-state index contributed by atoms with van der Waals surface area (Å²) in [6.45, 7) is 5.22. The Labute approximate surface area is 203 Å². The second-order valence-corrected chi connectivity index (χ2v) is 9.85. The van der Waals surface area contributed by atoms with Crippen LogP contribution in [0.2, 0.25) is 5.02 Å². The van der Waals surface area contributed by atoms with Crippen LogP contribution in [-0.4, -0.2) is 56.7 Å².